The average Bonchev–Trinajstić information content (AvgIpc) is 3.49. The second kappa shape index (κ2) is 11.8. The van der Waals surface area contributed by atoms with E-state index in [-0.39, 0.29) is 0 Å². The zero-order valence-electron chi connectivity index (χ0n) is 26.4. The molecular weight excluding hydrogens is 581 g/mol. The Labute approximate surface area is 280 Å². The number of hydrogen-bond donors (Lipinski definition) is 0. The molecule has 0 aliphatic carbocycles. The summed E-state index contributed by atoms with van der Waals surface area (Å²) in [6.45, 7) is 0. The molecule has 9 rings (SSSR count). The molecule has 0 saturated heterocycles. The van der Waals surface area contributed by atoms with E-state index in [4.69, 9.17) is 0 Å². The molecule has 2 heteroatoms. The highest BCUT2D eigenvalue weighted by molar-refractivity contribution is 6.19. The van der Waals surface area contributed by atoms with Crippen molar-refractivity contribution in [2.45, 2.75) is 0 Å². The van der Waals surface area contributed by atoms with Crippen LogP contribution in [0.1, 0.15) is 0 Å². The van der Waals surface area contributed by atoms with Crippen LogP contribution < -0.4 is 4.90 Å². The fourth-order valence-corrected chi connectivity index (χ4v) is 7.07. The first-order valence-electron chi connectivity index (χ1n) is 16.4. The lowest BCUT2D eigenvalue weighted by Crippen LogP contribution is -2.10. The van der Waals surface area contributed by atoms with Crippen LogP contribution in [0.5, 0.6) is 0 Å². The van der Waals surface area contributed by atoms with Crippen molar-refractivity contribution in [2.24, 2.45) is 0 Å². The lowest BCUT2D eigenvalue weighted by atomic mass is 10.0. The zero-order chi connectivity index (χ0) is 31.9. The maximum Gasteiger partial charge on any atom is 0.0562 e. The van der Waals surface area contributed by atoms with E-state index >= 15 is 0 Å². The van der Waals surface area contributed by atoms with Crippen molar-refractivity contribution in [3.05, 3.63) is 194 Å². The largest absolute Gasteiger partial charge is 0.310 e. The minimum Gasteiger partial charge on any atom is -0.310 e. The number of aromatic nitrogens is 1. The first-order chi connectivity index (χ1) is 23.8. The minimum absolute atomic E-state index is 1.11. The van der Waals surface area contributed by atoms with Crippen LogP contribution >= 0.6 is 0 Å². The number of rotatable bonds is 6. The number of anilines is 3. The van der Waals surface area contributed by atoms with Gasteiger partial charge in [0.25, 0.3) is 0 Å². The van der Waals surface area contributed by atoms with E-state index in [0.717, 1.165) is 22.7 Å². The van der Waals surface area contributed by atoms with Crippen LogP contribution in [0.4, 0.5) is 17.1 Å². The lowest BCUT2D eigenvalue weighted by Gasteiger charge is -2.27. The fourth-order valence-electron chi connectivity index (χ4n) is 7.07. The van der Waals surface area contributed by atoms with Gasteiger partial charge in [0.2, 0.25) is 0 Å². The second-order valence-electron chi connectivity index (χ2n) is 12.2. The molecule has 0 atom stereocenters. The van der Waals surface area contributed by atoms with Gasteiger partial charge in [-0.2, -0.15) is 0 Å². The molecule has 0 fully saturated rings. The van der Waals surface area contributed by atoms with E-state index in [9.17, 15) is 0 Å². The van der Waals surface area contributed by atoms with Gasteiger partial charge < -0.3 is 9.47 Å². The van der Waals surface area contributed by atoms with Gasteiger partial charge in [0, 0.05) is 27.8 Å². The number of fused-ring (bicyclic) bond motifs is 4. The van der Waals surface area contributed by atoms with Crippen LogP contribution in [0.2, 0.25) is 0 Å². The van der Waals surface area contributed by atoms with Gasteiger partial charge in [-0.15, -0.1) is 0 Å². The SMILES string of the molecule is c1ccc(-c2ccc(N(c3ccc(-c4ccccc4)cc3)c3cccc4c3c3cc5ccccc5cc3n4-c3ccccc3)cc2)cc1. The number of para-hydroxylation sites is 1. The summed E-state index contributed by atoms with van der Waals surface area (Å²) >= 11 is 0. The van der Waals surface area contributed by atoms with Crippen LogP contribution in [0.3, 0.4) is 0 Å². The summed E-state index contributed by atoms with van der Waals surface area (Å²) in [5, 5.41) is 4.92. The molecule has 2 nitrogen and oxygen atoms in total. The molecule has 0 unspecified atom stereocenters. The Bertz CT molecular complexity index is 2430. The molecule has 0 aliphatic rings. The van der Waals surface area contributed by atoms with Crippen molar-refractivity contribution in [2.75, 3.05) is 4.90 Å². The van der Waals surface area contributed by atoms with E-state index in [1.54, 1.807) is 0 Å². The van der Waals surface area contributed by atoms with Gasteiger partial charge in [0.05, 0.1) is 16.7 Å². The predicted octanol–water partition coefficient (Wildman–Crippen LogP) is 12.7. The topological polar surface area (TPSA) is 8.17 Å². The smallest absolute Gasteiger partial charge is 0.0562 e. The molecule has 0 amide bonds. The molecule has 0 N–H and O–H groups in total. The Morgan fingerprint density at radius 3 is 1.40 bits per heavy atom. The van der Waals surface area contributed by atoms with Gasteiger partial charge in [-0.3, -0.25) is 0 Å². The van der Waals surface area contributed by atoms with Crippen molar-refractivity contribution in [1.29, 1.82) is 0 Å². The Balaban J connectivity index is 1.30. The first-order valence-corrected chi connectivity index (χ1v) is 16.4. The molecule has 0 bridgehead atoms. The predicted molar refractivity (Wildman–Crippen MR) is 204 cm³/mol. The quantitative estimate of drug-likeness (QED) is 0.181. The molecule has 1 heterocycles. The Kier molecular flexibility index (Phi) is 6.84. The molecular formula is C46H32N2. The van der Waals surface area contributed by atoms with Crippen LogP contribution in [0.25, 0.3) is 60.5 Å². The van der Waals surface area contributed by atoms with Crippen LogP contribution in [0, 0.1) is 0 Å². The van der Waals surface area contributed by atoms with Gasteiger partial charge in [-0.25, -0.2) is 0 Å². The van der Waals surface area contributed by atoms with E-state index in [2.05, 4.69) is 204 Å². The molecule has 0 aliphatic heterocycles. The van der Waals surface area contributed by atoms with E-state index in [1.165, 1.54) is 54.8 Å². The van der Waals surface area contributed by atoms with Gasteiger partial charge >= 0.3 is 0 Å². The molecule has 1 aromatic heterocycles. The third-order valence-electron chi connectivity index (χ3n) is 9.36. The van der Waals surface area contributed by atoms with Gasteiger partial charge in [0.15, 0.2) is 0 Å². The van der Waals surface area contributed by atoms with E-state index < -0.39 is 0 Å². The Hall–Kier alpha value is -6.38. The standard InChI is InChI=1S/C46H32N2/c1-4-13-33(14-5-1)35-23-27-40(28-24-35)47(41-29-25-36(26-30-41)34-15-6-2-7-16-34)43-21-12-22-44-46(43)42-31-37-17-10-11-18-38(37)32-45(42)48(44)39-19-8-3-9-20-39/h1-32H. The molecule has 9 aromatic rings. The van der Waals surface area contributed by atoms with Gasteiger partial charge in [-0.05, 0) is 93.7 Å². The summed E-state index contributed by atoms with van der Waals surface area (Å²) in [5.41, 5.74) is 11.7. The second-order valence-corrected chi connectivity index (χ2v) is 12.2. The Morgan fingerprint density at radius 1 is 0.354 bits per heavy atom. The van der Waals surface area contributed by atoms with Crippen molar-refractivity contribution < 1.29 is 0 Å². The summed E-state index contributed by atoms with van der Waals surface area (Å²) in [7, 11) is 0. The summed E-state index contributed by atoms with van der Waals surface area (Å²) in [6, 6.07) is 69.9. The average molecular weight is 613 g/mol. The maximum absolute atomic E-state index is 2.41. The number of benzene rings is 8. The van der Waals surface area contributed by atoms with Crippen molar-refractivity contribution in [3.8, 4) is 27.9 Å². The van der Waals surface area contributed by atoms with Crippen molar-refractivity contribution >= 4 is 49.6 Å². The third-order valence-corrected chi connectivity index (χ3v) is 9.36. The molecule has 0 saturated carbocycles. The molecule has 48 heavy (non-hydrogen) atoms. The highest BCUT2D eigenvalue weighted by Crippen LogP contribution is 2.45. The normalized spacial score (nSPS) is 11.3. The van der Waals surface area contributed by atoms with Gasteiger partial charge in [-0.1, -0.05) is 133 Å². The monoisotopic (exact) mass is 612 g/mol. The number of hydrogen-bond acceptors (Lipinski definition) is 1. The van der Waals surface area contributed by atoms with Crippen molar-refractivity contribution in [3.63, 3.8) is 0 Å². The Morgan fingerprint density at radius 2 is 0.833 bits per heavy atom. The third kappa shape index (κ3) is 4.83. The summed E-state index contributed by atoms with van der Waals surface area (Å²) in [6.07, 6.45) is 0. The van der Waals surface area contributed by atoms with Crippen LogP contribution in [-0.2, 0) is 0 Å². The van der Waals surface area contributed by atoms with E-state index in [0.29, 0.717) is 0 Å². The summed E-state index contributed by atoms with van der Waals surface area (Å²) < 4.78 is 2.41. The van der Waals surface area contributed by atoms with Crippen molar-refractivity contribution in [1.82, 2.24) is 4.57 Å². The summed E-state index contributed by atoms with van der Waals surface area (Å²) in [4.78, 5) is 2.41. The lowest BCUT2D eigenvalue weighted by molar-refractivity contribution is 1.18. The number of nitrogens with zero attached hydrogens (tertiary/aromatic N) is 2. The zero-order valence-corrected chi connectivity index (χ0v) is 26.4. The fraction of sp³-hybridized carbons (Fsp3) is 0. The highest BCUT2D eigenvalue weighted by Gasteiger charge is 2.21. The molecule has 0 spiro atoms. The molecule has 8 aromatic carbocycles. The molecule has 0 radical (unpaired) electrons. The highest BCUT2D eigenvalue weighted by atomic mass is 15.1. The minimum atomic E-state index is 1.11. The van der Waals surface area contributed by atoms with E-state index in [1.807, 2.05) is 0 Å². The first kappa shape index (κ1) is 27.9. The maximum atomic E-state index is 2.41. The van der Waals surface area contributed by atoms with Crippen LogP contribution in [-0.4, -0.2) is 4.57 Å². The molecule has 226 valence electrons. The summed E-state index contributed by atoms with van der Waals surface area (Å²) in [5.74, 6) is 0. The van der Waals surface area contributed by atoms with Crippen LogP contribution in [0.15, 0.2) is 194 Å². The van der Waals surface area contributed by atoms with Gasteiger partial charge in [0.1, 0.15) is 0 Å².